The zero-order chi connectivity index (χ0) is 39.4. The molecule has 0 radical (unpaired) electrons. The van der Waals surface area contributed by atoms with Crippen LogP contribution in [0.3, 0.4) is 0 Å². The molecule has 1 aromatic carbocycles. The largest absolute Gasteiger partial charge is 0.491 e. The monoisotopic (exact) mass is 753 g/mol. The number of carbonyl (C=O) groups excluding carboxylic acids is 4. The Kier molecular flexibility index (Phi) is 11.0. The molecule has 0 unspecified atom stereocenters. The second kappa shape index (κ2) is 16.0. The Morgan fingerprint density at radius 1 is 0.800 bits per heavy atom. The molecule has 286 valence electrons. The Labute approximate surface area is 312 Å². The minimum atomic E-state index is -0.713. The first-order valence-electron chi connectivity index (χ1n) is 17.4. The summed E-state index contributed by atoms with van der Waals surface area (Å²) in [4.78, 5) is 73.2. The second-order valence-electron chi connectivity index (χ2n) is 12.3. The van der Waals surface area contributed by atoms with E-state index in [0.717, 1.165) is 0 Å². The van der Waals surface area contributed by atoms with Gasteiger partial charge in [0.15, 0.2) is 17.4 Å². The standard InChI is InChI=1S/C36H39N11O8/c1-5-22-28(54-18(3)40-22)33(51)44-35-42-24-14-20(30(37)49)16-26(53-13-9-12-48)27(24)46(35)10-7-8-11-47-32-25(15-21(17-39-32)31(38)50)43-36(47)45-34(52)29-23(6-2)41-19(4)55-29/h7-8,14-17,48H,5-6,9-13H2,1-4H3,(H2,37,49)(H2,38,50)(H,42,44,51)(H,43,45,52)/b8-7+. The van der Waals surface area contributed by atoms with E-state index in [-0.39, 0.29) is 66.6 Å². The molecule has 0 aliphatic rings. The molecule has 6 aromatic rings. The van der Waals surface area contributed by atoms with Crippen LogP contribution in [0.15, 0.2) is 45.4 Å². The third-order valence-corrected chi connectivity index (χ3v) is 8.40. The first kappa shape index (κ1) is 37.9. The van der Waals surface area contributed by atoms with E-state index in [2.05, 4.69) is 35.6 Å². The number of aromatic nitrogens is 7. The van der Waals surface area contributed by atoms with E-state index in [0.29, 0.717) is 64.6 Å². The van der Waals surface area contributed by atoms with Gasteiger partial charge in [0.1, 0.15) is 16.8 Å². The number of hydrogen-bond acceptors (Lipinski definition) is 13. The van der Waals surface area contributed by atoms with Gasteiger partial charge in [-0.05, 0) is 31.0 Å². The molecule has 4 amide bonds. The fourth-order valence-corrected chi connectivity index (χ4v) is 5.87. The van der Waals surface area contributed by atoms with Gasteiger partial charge < -0.3 is 34.7 Å². The molecule has 0 bridgehead atoms. The molecule has 19 nitrogen and oxygen atoms in total. The number of ether oxygens (including phenoxy) is 1. The first-order chi connectivity index (χ1) is 26.4. The van der Waals surface area contributed by atoms with Gasteiger partial charge in [-0.25, -0.2) is 24.9 Å². The summed E-state index contributed by atoms with van der Waals surface area (Å²) >= 11 is 0. The molecule has 0 saturated carbocycles. The lowest BCUT2D eigenvalue weighted by atomic mass is 10.1. The maximum absolute atomic E-state index is 13.5. The van der Waals surface area contributed by atoms with Crippen LogP contribution in [0.2, 0.25) is 0 Å². The Morgan fingerprint density at radius 3 is 1.91 bits per heavy atom. The van der Waals surface area contributed by atoms with Crippen molar-refractivity contribution in [3.8, 4) is 5.75 Å². The lowest BCUT2D eigenvalue weighted by Crippen LogP contribution is -2.17. The number of nitrogens with zero attached hydrogens (tertiary/aromatic N) is 7. The first-order valence-corrected chi connectivity index (χ1v) is 17.4. The highest BCUT2D eigenvalue weighted by Crippen LogP contribution is 2.32. The average Bonchev–Trinajstić information content (AvgIpc) is 3.92. The number of benzene rings is 1. The fourth-order valence-electron chi connectivity index (χ4n) is 5.87. The molecule has 7 N–H and O–H groups in total. The van der Waals surface area contributed by atoms with Gasteiger partial charge in [0, 0.05) is 51.7 Å². The number of anilines is 2. The number of allylic oxidation sites excluding steroid dienone is 2. The quantitative estimate of drug-likeness (QED) is 0.0702. The van der Waals surface area contributed by atoms with E-state index < -0.39 is 23.6 Å². The number of fused-ring (bicyclic) bond motifs is 2. The summed E-state index contributed by atoms with van der Waals surface area (Å²) in [5.74, 6) is -1.36. The van der Waals surface area contributed by atoms with E-state index in [4.69, 9.17) is 25.0 Å². The van der Waals surface area contributed by atoms with Gasteiger partial charge in [0.25, 0.3) is 11.8 Å². The summed E-state index contributed by atoms with van der Waals surface area (Å²) < 4.78 is 20.5. The van der Waals surface area contributed by atoms with Crippen molar-refractivity contribution >= 4 is 57.7 Å². The molecular weight excluding hydrogens is 714 g/mol. The molecule has 5 heterocycles. The average molecular weight is 754 g/mol. The molecule has 0 saturated heterocycles. The molecule has 6 rings (SSSR count). The molecule has 0 spiro atoms. The Bertz CT molecular complexity index is 2470. The number of aryl methyl sites for hydroxylation is 4. The van der Waals surface area contributed by atoms with Crippen molar-refractivity contribution in [3.63, 3.8) is 0 Å². The summed E-state index contributed by atoms with van der Waals surface area (Å²) in [6, 6.07) is 4.44. The number of hydrogen-bond donors (Lipinski definition) is 5. The van der Waals surface area contributed by atoms with Crippen LogP contribution in [0, 0.1) is 13.8 Å². The molecule has 5 aromatic heterocycles. The Hall–Kier alpha value is -6.89. The van der Waals surface area contributed by atoms with Gasteiger partial charge in [-0.2, -0.15) is 0 Å². The van der Waals surface area contributed by atoms with Crippen molar-refractivity contribution in [2.24, 2.45) is 11.5 Å². The van der Waals surface area contributed by atoms with Crippen molar-refractivity contribution in [1.82, 2.24) is 34.1 Å². The van der Waals surface area contributed by atoms with Crippen molar-refractivity contribution in [2.45, 2.75) is 60.0 Å². The number of nitrogens with two attached hydrogens (primary N) is 2. The number of oxazole rings is 2. The Balaban J connectivity index is 1.38. The topological polar surface area (TPSA) is 274 Å². The molecule has 19 heteroatoms. The van der Waals surface area contributed by atoms with Crippen LogP contribution < -0.4 is 26.8 Å². The molecule has 0 atom stereocenters. The number of pyridine rings is 1. The molecule has 0 fully saturated rings. The third-order valence-electron chi connectivity index (χ3n) is 8.40. The van der Waals surface area contributed by atoms with E-state index >= 15 is 0 Å². The highest BCUT2D eigenvalue weighted by molar-refractivity contribution is 6.05. The smallest absolute Gasteiger partial charge is 0.295 e. The van der Waals surface area contributed by atoms with Crippen molar-refractivity contribution in [3.05, 3.63) is 82.4 Å². The highest BCUT2D eigenvalue weighted by Gasteiger charge is 2.24. The summed E-state index contributed by atoms with van der Waals surface area (Å²) in [6.45, 7) is 7.21. The predicted octanol–water partition coefficient (Wildman–Crippen LogP) is 3.22. The maximum Gasteiger partial charge on any atom is 0.295 e. The number of rotatable bonds is 16. The number of carbonyl (C=O) groups is 4. The zero-order valence-electron chi connectivity index (χ0n) is 30.5. The number of nitrogens with one attached hydrogen (secondary N) is 2. The summed E-state index contributed by atoms with van der Waals surface area (Å²) in [5, 5.41) is 15.0. The van der Waals surface area contributed by atoms with Crippen LogP contribution >= 0.6 is 0 Å². The van der Waals surface area contributed by atoms with E-state index in [1.54, 1.807) is 35.1 Å². The number of aliphatic hydroxyl groups excluding tert-OH is 1. The fraction of sp³-hybridized carbons (Fsp3) is 0.306. The van der Waals surface area contributed by atoms with Gasteiger partial charge >= 0.3 is 0 Å². The van der Waals surface area contributed by atoms with Crippen LogP contribution in [0.25, 0.3) is 22.2 Å². The van der Waals surface area contributed by atoms with Crippen LogP contribution in [-0.2, 0) is 25.9 Å². The molecule has 0 aliphatic carbocycles. The van der Waals surface area contributed by atoms with Crippen LogP contribution in [0.1, 0.15) is 85.3 Å². The van der Waals surface area contributed by atoms with Crippen LogP contribution in [0.4, 0.5) is 11.9 Å². The van der Waals surface area contributed by atoms with E-state index in [9.17, 15) is 24.3 Å². The second-order valence-corrected chi connectivity index (χ2v) is 12.3. The SMILES string of the molecule is CCc1nc(C)oc1C(=O)Nc1nc2cc(C(N)=O)cnc2n1C/C=C/Cn1c(NC(=O)c2oc(C)nc2CC)nc2cc(C(N)=O)cc(OCCCO)c21. The number of imidazole rings is 2. The van der Waals surface area contributed by atoms with Gasteiger partial charge in [-0.15, -0.1) is 0 Å². The Morgan fingerprint density at radius 2 is 1.35 bits per heavy atom. The van der Waals surface area contributed by atoms with Crippen LogP contribution in [-0.4, -0.2) is 76.0 Å². The van der Waals surface area contributed by atoms with Gasteiger partial charge in [-0.1, -0.05) is 26.0 Å². The van der Waals surface area contributed by atoms with Crippen molar-refractivity contribution in [1.29, 1.82) is 0 Å². The maximum atomic E-state index is 13.5. The molecular formula is C36H39N11O8. The van der Waals surface area contributed by atoms with Gasteiger partial charge in [0.2, 0.25) is 35.2 Å². The van der Waals surface area contributed by atoms with E-state index in [1.165, 1.54) is 24.4 Å². The lowest BCUT2D eigenvalue weighted by Gasteiger charge is -2.12. The number of primary amides is 2. The minimum Gasteiger partial charge on any atom is -0.491 e. The van der Waals surface area contributed by atoms with Crippen LogP contribution in [0.5, 0.6) is 5.75 Å². The summed E-state index contributed by atoms with van der Waals surface area (Å²) in [5.41, 5.74) is 13.7. The van der Waals surface area contributed by atoms with Gasteiger partial charge in [0.05, 0.1) is 29.1 Å². The predicted molar refractivity (Wildman–Crippen MR) is 198 cm³/mol. The third kappa shape index (κ3) is 7.91. The summed E-state index contributed by atoms with van der Waals surface area (Å²) in [7, 11) is 0. The lowest BCUT2D eigenvalue weighted by molar-refractivity contribution is 0.0985. The zero-order valence-corrected chi connectivity index (χ0v) is 30.5. The minimum absolute atomic E-state index is 0.0338. The van der Waals surface area contributed by atoms with Gasteiger partial charge in [-0.3, -0.25) is 34.4 Å². The molecule has 55 heavy (non-hydrogen) atoms. The number of amides is 4. The van der Waals surface area contributed by atoms with E-state index in [1.807, 2.05) is 13.8 Å². The van der Waals surface area contributed by atoms with Crippen molar-refractivity contribution in [2.75, 3.05) is 23.8 Å². The molecule has 0 aliphatic heterocycles. The summed E-state index contributed by atoms with van der Waals surface area (Å²) in [6.07, 6.45) is 6.09. The number of aliphatic hydroxyl groups is 1. The van der Waals surface area contributed by atoms with Crippen molar-refractivity contribution < 1.29 is 37.9 Å². The highest BCUT2D eigenvalue weighted by atomic mass is 16.5. The normalized spacial score (nSPS) is 11.5.